The Hall–Kier alpha value is -3.42. The van der Waals surface area contributed by atoms with Crippen LogP contribution in [0.3, 0.4) is 0 Å². The molecule has 0 saturated carbocycles. The van der Waals surface area contributed by atoms with Crippen molar-refractivity contribution in [3.8, 4) is 5.69 Å². The van der Waals surface area contributed by atoms with Crippen molar-refractivity contribution < 1.29 is 9.59 Å². The maximum atomic E-state index is 11.2. The lowest BCUT2D eigenvalue weighted by atomic mass is 10.2. The third-order valence-electron chi connectivity index (χ3n) is 3.12. The molecule has 0 spiro atoms. The number of nitrogens with one attached hydrogen (secondary N) is 2. The number of aromatic nitrogens is 3. The molecule has 0 aliphatic carbocycles. The van der Waals surface area contributed by atoms with E-state index in [0.717, 1.165) is 16.9 Å². The van der Waals surface area contributed by atoms with Gasteiger partial charge in [-0.15, -0.1) is 5.10 Å². The standard InChI is InChI=1S/C14H12N6O2/c15-14(22)9-1-6-13-12(7-9)18-19-20(13)11-4-2-10(3-5-11)17-16-8-21/h1-8,17H,(H2,15,22)(H,16,21). The Morgan fingerprint density at radius 1 is 1.18 bits per heavy atom. The second-order valence-electron chi connectivity index (χ2n) is 4.50. The van der Waals surface area contributed by atoms with Crippen LogP contribution in [-0.2, 0) is 4.79 Å². The molecule has 2 amide bonds. The molecule has 2 aromatic carbocycles. The Bertz CT molecular complexity index is 840. The predicted molar refractivity (Wildman–Crippen MR) is 80.2 cm³/mol. The summed E-state index contributed by atoms with van der Waals surface area (Å²) in [4.78, 5) is 21.4. The van der Waals surface area contributed by atoms with Gasteiger partial charge in [-0.2, -0.15) is 0 Å². The Labute approximate surface area is 124 Å². The lowest BCUT2D eigenvalue weighted by Crippen LogP contribution is -2.18. The first-order chi connectivity index (χ1) is 10.7. The number of primary amides is 1. The van der Waals surface area contributed by atoms with E-state index in [2.05, 4.69) is 21.2 Å². The highest BCUT2D eigenvalue weighted by Gasteiger charge is 2.09. The molecular formula is C14H12N6O2. The third-order valence-corrected chi connectivity index (χ3v) is 3.12. The molecule has 1 heterocycles. The van der Waals surface area contributed by atoms with Crippen LogP contribution in [0.5, 0.6) is 0 Å². The van der Waals surface area contributed by atoms with E-state index in [1.165, 1.54) is 0 Å². The fraction of sp³-hybridized carbons (Fsp3) is 0. The maximum Gasteiger partial charge on any atom is 0.248 e. The minimum absolute atomic E-state index is 0.388. The van der Waals surface area contributed by atoms with E-state index in [-0.39, 0.29) is 0 Å². The van der Waals surface area contributed by atoms with Crippen LogP contribution in [0.15, 0.2) is 42.5 Å². The summed E-state index contributed by atoms with van der Waals surface area (Å²) >= 11 is 0. The number of carbonyl (C=O) groups is 2. The second-order valence-corrected chi connectivity index (χ2v) is 4.50. The molecule has 8 heteroatoms. The summed E-state index contributed by atoms with van der Waals surface area (Å²) in [7, 11) is 0. The molecule has 110 valence electrons. The fourth-order valence-corrected chi connectivity index (χ4v) is 2.07. The fourth-order valence-electron chi connectivity index (χ4n) is 2.07. The summed E-state index contributed by atoms with van der Waals surface area (Å²) in [5, 5.41) is 8.12. The quantitative estimate of drug-likeness (QED) is 0.471. The summed E-state index contributed by atoms with van der Waals surface area (Å²) in [5.74, 6) is -0.505. The largest absolute Gasteiger partial charge is 0.366 e. The van der Waals surface area contributed by atoms with Gasteiger partial charge in [0.25, 0.3) is 0 Å². The molecule has 0 fully saturated rings. The van der Waals surface area contributed by atoms with E-state index >= 15 is 0 Å². The van der Waals surface area contributed by atoms with Crippen molar-refractivity contribution in [1.29, 1.82) is 0 Å². The van der Waals surface area contributed by atoms with Crippen LogP contribution in [0.4, 0.5) is 5.69 Å². The topological polar surface area (TPSA) is 115 Å². The van der Waals surface area contributed by atoms with Crippen molar-refractivity contribution >= 4 is 29.0 Å². The number of nitrogens with zero attached hydrogens (tertiary/aromatic N) is 3. The molecule has 4 N–H and O–H groups in total. The molecule has 0 aliphatic heterocycles. The maximum absolute atomic E-state index is 11.2. The second kappa shape index (κ2) is 5.52. The van der Waals surface area contributed by atoms with Crippen LogP contribution in [0.25, 0.3) is 16.7 Å². The molecular weight excluding hydrogens is 284 g/mol. The Balaban J connectivity index is 1.96. The van der Waals surface area contributed by atoms with Gasteiger partial charge >= 0.3 is 0 Å². The van der Waals surface area contributed by atoms with Crippen LogP contribution in [0.2, 0.25) is 0 Å². The molecule has 0 saturated heterocycles. The summed E-state index contributed by atoms with van der Waals surface area (Å²) in [5.41, 5.74) is 13.6. The van der Waals surface area contributed by atoms with Crippen molar-refractivity contribution in [2.75, 3.05) is 5.43 Å². The highest BCUT2D eigenvalue weighted by atomic mass is 16.1. The molecule has 0 unspecified atom stereocenters. The number of hydrazine groups is 1. The van der Waals surface area contributed by atoms with E-state index in [9.17, 15) is 9.59 Å². The van der Waals surface area contributed by atoms with Gasteiger partial charge in [0, 0.05) is 5.56 Å². The number of anilines is 1. The molecule has 3 aromatic rings. The number of hydrogen-bond acceptors (Lipinski definition) is 5. The van der Waals surface area contributed by atoms with Gasteiger partial charge in [0.2, 0.25) is 12.3 Å². The molecule has 1 aromatic heterocycles. The number of amides is 2. The molecule has 22 heavy (non-hydrogen) atoms. The van der Waals surface area contributed by atoms with Crippen molar-refractivity contribution in [2.45, 2.75) is 0 Å². The highest BCUT2D eigenvalue weighted by Crippen LogP contribution is 2.19. The SMILES string of the molecule is NC(=O)c1ccc2c(c1)nnn2-c1ccc(NNC=O)cc1. The summed E-state index contributed by atoms with van der Waals surface area (Å²) < 4.78 is 1.65. The normalized spacial score (nSPS) is 10.4. The molecule has 0 atom stereocenters. The summed E-state index contributed by atoms with van der Waals surface area (Å²) in [6.07, 6.45) is 0.551. The van der Waals surface area contributed by atoms with E-state index < -0.39 is 5.91 Å². The van der Waals surface area contributed by atoms with Crippen LogP contribution >= 0.6 is 0 Å². The highest BCUT2D eigenvalue weighted by molar-refractivity contribution is 5.96. The van der Waals surface area contributed by atoms with E-state index in [1.807, 2.05) is 12.1 Å². The zero-order valence-corrected chi connectivity index (χ0v) is 11.4. The number of fused-ring (bicyclic) bond motifs is 1. The minimum atomic E-state index is -0.505. The van der Waals surface area contributed by atoms with E-state index in [1.54, 1.807) is 35.0 Å². The summed E-state index contributed by atoms with van der Waals surface area (Å²) in [6, 6.07) is 12.2. The predicted octanol–water partition coefficient (Wildman–Crippen LogP) is 0.592. The number of nitrogens with two attached hydrogens (primary N) is 1. The van der Waals surface area contributed by atoms with Gasteiger partial charge in [-0.05, 0) is 42.5 Å². The van der Waals surface area contributed by atoms with Crippen LogP contribution in [-0.4, -0.2) is 27.3 Å². The average molecular weight is 296 g/mol. The smallest absolute Gasteiger partial charge is 0.248 e. The van der Waals surface area contributed by atoms with Gasteiger partial charge in [-0.1, -0.05) is 5.21 Å². The number of carbonyl (C=O) groups excluding carboxylic acids is 2. The monoisotopic (exact) mass is 296 g/mol. The van der Waals surface area contributed by atoms with Crippen LogP contribution in [0.1, 0.15) is 10.4 Å². The molecule has 0 radical (unpaired) electrons. The van der Waals surface area contributed by atoms with Gasteiger partial charge < -0.3 is 5.73 Å². The van der Waals surface area contributed by atoms with E-state index in [0.29, 0.717) is 17.5 Å². The van der Waals surface area contributed by atoms with Gasteiger partial charge in [0.1, 0.15) is 5.52 Å². The first-order valence-electron chi connectivity index (χ1n) is 6.40. The number of hydrogen-bond donors (Lipinski definition) is 3. The average Bonchev–Trinajstić information content (AvgIpc) is 2.96. The van der Waals surface area contributed by atoms with Crippen LogP contribution < -0.4 is 16.6 Å². The third kappa shape index (κ3) is 2.44. The summed E-state index contributed by atoms with van der Waals surface area (Å²) in [6.45, 7) is 0. The minimum Gasteiger partial charge on any atom is -0.366 e. The lowest BCUT2D eigenvalue weighted by molar-refractivity contribution is -0.109. The first-order valence-corrected chi connectivity index (χ1v) is 6.40. The Kier molecular flexibility index (Phi) is 3.40. The van der Waals surface area contributed by atoms with Crippen molar-refractivity contribution in [3.05, 3.63) is 48.0 Å². The number of rotatable bonds is 5. The molecule has 0 bridgehead atoms. The van der Waals surface area contributed by atoms with Crippen molar-refractivity contribution in [3.63, 3.8) is 0 Å². The zero-order chi connectivity index (χ0) is 15.5. The van der Waals surface area contributed by atoms with Gasteiger partial charge in [-0.25, -0.2) is 4.68 Å². The molecule has 0 aliphatic rings. The van der Waals surface area contributed by atoms with Gasteiger partial charge in [-0.3, -0.25) is 20.4 Å². The molecule has 8 nitrogen and oxygen atoms in total. The van der Waals surface area contributed by atoms with Crippen molar-refractivity contribution in [1.82, 2.24) is 20.4 Å². The van der Waals surface area contributed by atoms with E-state index in [4.69, 9.17) is 5.73 Å². The lowest BCUT2D eigenvalue weighted by Gasteiger charge is -2.06. The Morgan fingerprint density at radius 3 is 2.64 bits per heavy atom. The number of benzene rings is 2. The van der Waals surface area contributed by atoms with Gasteiger partial charge in [0.15, 0.2) is 0 Å². The van der Waals surface area contributed by atoms with Crippen LogP contribution in [0, 0.1) is 0 Å². The van der Waals surface area contributed by atoms with Crippen molar-refractivity contribution in [2.24, 2.45) is 5.73 Å². The zero-order valence-electron chi connectivity index (χ0n) is 11.4. The first kappa shape index (κ1) is 13.6. The van der Waals surface area contributed by atoms with Gasteiger partial charge in [0.05, 0.1) is 16.9 Å². The molecule has 3 rings (SSSR count). The Morgan fingerprint density at radius 2 is 1.95 bits per heavy atom.